The maximum atomic E-state index is 12.3. The number of carbonyl (C=O) groups is 3. The highest BCUT2D eigenvalue weighted by atomic mass is 16.5. The lowest BCUT2D eigenvalue weighted by atomic mass is 10.1. The molecule has 21 heavy (non-hydrogen) atoms. The summed E-state index contributed by atoms with van der Waals surface area (Å²) in [4.78, 5) is 36.5. The highest BCUT2D eigenvalue weighted by molar-refractivity contribution is 5.84. The van der Waals surface area contributed by atoms with E-state index in [0.717, 1.165) is 6.42 Å². The summed E-state index contributed by atoms with van der Waals surface area (Å²) >= 11 is 0. The third-order valence-corrected chi connectivity index (χ3v) is 4.18. The number of carboxylic acids is 1. The number of esters is 1. The van der Waals surface area contributed by atoms with E-state index in [1.54, 1.807) is 6.92 Å². The van der Waals surface area contributed by atoms with Gasteiger partial charge in [-0.15, -0.1) is 0 Å². The number of urea groups is 1. The zero-order valence-electron chi connectivity index (χ0n) is 12.2. The quantitative estimate of drug-likeness (QED) is 0.754. The maximum Gasteiger partial charge on any atom is 0.328 e. The fourth-order valence-corrected chi connectivity index (χ4v) is 3.09. The minimum atomic E-state index is -0.808. The smallest absolute Gasteiger partial charge is 0.328 e. The first kappa shape index (κ1) is 15.6. The van der Waals surface area contributed by atoms with Gasteiger partial charge in [0.2, 0.25) is 0 Å². The number of carbonyl (C=O) groups excluding carboxylic acids is 2. The van der Waals surface area contributed by atoms with E-state index in [1.807, 2.05) is 0 Å². The fourth-order valence-electron chi connectivity index (χ4n) is 3.09. The van der Waals surface area contributed by atoms with Gasteiger partial charge in [0.05, 0.1) is 12.5 Å². The Hall–Kier alpha value is -1.79. The molecule has 7 heteroatoms. The average Bonchev–Trinajstić information content (AvgIpc) is 3.07. The summed E-state index contributed by atoms with van der Waals surface area (Å²) in [5.41, 5.74) is 0. The van der Waals surface area contributed by atoms with Gasteiger partial charge in [-0.3, -0.25) is 4.79 Å². The highest BCUT2D eigenvalue weighted by Crippen LogP contribution is 2.26. The Labute approximate surface area is 123 Å². The largest absolute Gasteiger partial charge is 0.481 e. The predicted octanol–water partition coefficient (Wildman–Crippen LogP) is 0.977. The van der Waals surface area contributed by atoms with Crippen molar-refractivity contribution in [2.24, 2.45) is 5.92 Å². The lowest BCUT2D eigenvalue weighted by Crippen LogP contribution is -2.49. The van der Waals surface area contributed by atoms with Crippen molar-refractivity contribution in [2.45, 2.75) is 51.1 Å². The van der Waals surface area contributed by atoms with E-state index in [9.17, 15) is 14.4 Å². The number of amides is 2. The number of ether oxygens (including phenoxy) is 1. The van der Waals surface area contributed by atoms with Crippen molar-refractivity contribution in [3.05, 3.63) is 0 Å². The van der Waals surface area contributed by atoms with Crippen molar-refractivity contribution in [1.82, 2.24) is 10.2 Å². The first-order valence-corrected chi connectivity index (χ1v) is 7.49. The van der Waals surface area contributed by atoms with Gasteiger partial charge in [-0.1, -0.05) is 0 Å². The standard InChI is InChI=1S/C14H22N2O5/c1-2-21-13(19)11-4-3-7-16(11)14(20)15-10-6-5-9(8-10)12(17)18/h9-11H,2-8H2,1H3,(H,15,20)(H,17,18). The average molecular weight is 298 g/mol. The van der Waals surface area contributed by atoms with E-state index in [2.05, 4.69) is 5.32 Å². The molecule has 3 atom stereocenters. The molecule has 1 saturated heterocycles. The van der Waals surface area contributed by atoms with E-state index in [-0.39, 0.29) is 24.0 Å². The third kappa shape index (κ3) is 3.65. The van der Waals surface area contributed by atoms with Gasteiger partial charge in [0.1, 0.15) is 6.04 Å². The molecule has 0 aromatic heterocycles. The lowest BCUT2D eigenvalue weighted by Gasteiger charge is -2.25. The molecule has 118 valence electrons. The molecule has 1 aliphatic carbocycles. The molecule has 2 fully saturated rings. The van der Waals surface area contributed by atoms with Crippen LogP contribution < -0.4 is 5.32 Å². The van der Waals surface area contributed by atoms with Gasteiger partial charge in [0, 0.05) is 12.6 Å². The molecule has 0 spiro atoms. The SMILES string of the molecule is CCOC(=O)C1CCCN1C(=O)NC1CCC(C(=O)O)C1. The lowest BCUT2D eigenvalue weighted by molar-refractivity contribution is -0.147. The van der Waals surface area contributed by atoms with Crippen molar-refractivity contribution < 1.29 is 24.2 Å². The Morgan fingerprint density at radius 2 is 2.05 bits per heavy atom. The van der Waals surface area contributed by atoms with Crippen LogP contribution in [0.1, 0.15) is 39.0 Å². The van der Waals surface area contributed by atoms with Gasteiger partial charge < -0.3 is 20.1 Å². The summed E-state index contributed by atoms with van der Waals surface area (Å²) in [5.74, 6) is -1.55. The first-order chi connectivity index (χ1) is 10.0. The van der Waals surface area contributed by atoms with Crippen LogP contribution in [0.25, 0.3) is 0 Å². The minimum absolute atomic E-state index is 0.123. The number of hydrogen-bond acceptors (Lipinski definition) is 4. The van der Waals surface area contributed by atoms with Crippen LogP contribution in [0.15, 0.2) is 0 Å². The number of rotatable bonds is 4. The van der Waals surface area contributed by atoms with Gasteiger partial charge in [-0.2, -0.15) is 0 Å². The second kappa shape index (κ2) is 6.78. The van der Waals surface area contributed by atoms with Gasteiger partial charge >= 0.3 is 18.0 Å². The summed E-state index contributed by atoms with van der Waals surface area (Å²) in [6, 6.07) is -0.926. The number of likely N-dealkylation sites (tertiary alicyclic amines) is 1. The third-order valence-electron chi connectivity index (χ3n) is 4.18. The van der Waals surface area contributed by atoms with E-state index in [1.165, 1.54) is 4.90 Å². The second-order valence-corrected chi connectivity index (χ2v) is 5.60. The predicted molar refractivity (Wildman–Crippen MR) is 73.7 cm³/mol. The van der Waals surface area contributed by atoms with Crippen LogP contribution in [0, 0.1) is 5.92 Å². The molecular formula is C14H22N2O5. The molecule has 1 aliphatic heterocycles. The fraction of sp³-hybridized carbons (Fsp3) is 0.786. The van der Waals surface area contributed by atoms with Crippen LogP contribution in [0.3, 0.4) is 0 Å². The zero-order chi connectivity index (χ0) is 15.4. The molecule has 0 radical (unpaired) electrons. The van der Waals surface area contributed by atoms with Crippen LogP contribution in [-0.4, -0.2) is 53.2 Å². The van der Waals surface area contributed by atoms with Crippen LogP contribution in [0.4, 0.5) is 4.79 Å². The van der Waals surface area contributed by atoms with Crippen molar-refractivity contribution in [1.29, 1.82) is 0 Å². The summed E-state index contributed by atoms with van der Waals surface area (Å²) < 4.78 is 4.99. The van der Waals surface area contributed by atoms with Gasteiger partial charge in [-0.25, -0.2) is 9.59 Å². The zero-order valence-corrected chi connectivity index (χ0v) is 12.2. The number of aliphatic carboxylic acids is 1. The number of nitrogens with zero attached hydrogens (tertiary/aromatic N) is 1. The topological polar surface area (TPSA) is 95.9 Å². The Morgan fingerprint density at radius 3 is 2.67 bits per heavy atom. The van der Waals surface area contributed by atoms with Crippen molar-refractivity contribution >= 4 is 18.0 Å². The second-order valence-electron chi connectivity index (χ2n) is 5.60. The summed E-state index contributed by atoms with van der Waals surface area (Å²) in [6.07, 6.45) is 3.11. The molecule has 3 unspecified atom stereocenters. The molecule has 0 aromatic rings. The van der Waals surface area contributed by atoms with Gasteiger partial charge in [0.15, 0.2) is 0 Å². The minimum Gasteiger partial charge on any atom is -0.481 e. The summed E-state index contributed by atoms with van der Waals surface area (Å²) in [5, 5.41) is 11.8. The van der Waals surface area contributed by atoms with Crippen LogP contribution in [0.2, 0.25) is 0 Å². The molecule has 2 rings (SSSR count). The van der Waals surface area contributed by atoms with Crippen molar-refractivity contribution in [2.75, 3.05) is 13.2 Å². The van der Waals surface area contributed by atoms with Crippen LogP contribution in [-0.2, 0) is 14.3 Å². The molecule has 0 bridgehead atoms. The Kier molecular flexibility index (Phi) is 5.03. The molecule has 0 aromatic carbocycles. The molecule has 2 amide bonds. The van der Waals surface area contributed by atoms with Crippen LogP contribution in [0.5, 0.6) is 0 Å². The van der Waals surface area contributed by atoms with Crippen LogP contribution >= 0.6 is 0 Å². The Bertz CT molecular complexity index is 426. The maximum absolute atomic E-state index is 12.3. The monoisotopic (exact) mass is 298 g/mol. The Morgan fingerprint density at radius 1 is 1.29 bits per heavy atom. The molecule has 1 heterocycles. The van der Waals surface area contributed by atoms with E-state index in [4.69, 9.17) is 9.84 Å². The first-order valence-electron chi connectivity index (χ1n) is 7.49. The van der Waals surface area contributed by atoms with E-state index >= 15 is 0 Å². The van der Waals surface area contributed by atoms with E-state index < -0.39 is 12.0 Å². The van der Waals surface area contributed by atoms with Gasteiger partial charge in [-0.05, 0) is 39.0 Å². The molecular weight excluding hydrogens is 276 g/mol. The van der Waals surface area contributed by atoms with Gasteiger partial charge in [0.25, 0.3) is 0 Å². The Balaban J connectivity index is 1.88. The van der Waals surface area contributed by atoms with Crippen molar-refractivity contribution in [3.63, 3.8) is 0 Å². The van der Waals surface area contributed by atoms with E-state index in [0.29, 0.717) is 38.8 Å². The van der Waals surface area contributed by atoms with Crippen molar-refractivity contribution in [3.8, 4) is 0 Å². The molecule has 7 nitrogen and oxygen atoms in total. The summed E-state index contributed by atoms with van der Waals surface area (Å²) in [7, 11) is 0. The molecule has 2 N–H and O–H groups in total. The normalized spacial score (nSPS) is 28.4. The number of hydrogen-bond donors (Lipinski definition) is 2. The molecule has 1 saturated carbocycles. The molecule has 2 aliphatic rings. The number of carboxylic acid groups (broad SMARTS) is 1. The highest BCUT2D eigenvalue weighted by Gasteiger charge is 2.37. The summed E-state index contributed by atoms with van der Waals surface area (Å²) in [6.45, 7) is 2.57. The number of nitrogens with one attached hydrogen (secondary N) is 1.